The second-order valence-corrected chi connectivity index (χ2v) is 8.96. The number of rotatable bonds is 4. The maximum atomic E-state index is 13.0. The van der Waals surface area contributed by atoms with Crippen molar-refractivity contribution in [2.24, 2.45) is 5.92 Å². The summed E-state index contributed by atoms with van der Waals surface area (Å²) in [4.78, 5) is 17.9. The lowest BCUT2D eigenvalue weighted by atomic mass is 10.1. The SMILES string of the molecule is O=C1CC(CS(=O)(=O)Cl)CN1c1nc(-c2ccc(F)cc2)cs1. The molecule has 1 saturated heterocycles. The van der Waals surface area contributed by atoms with Crippen LogP contribution in [0.1, 0.15) is 6.42 Å². The molecule has 0 spiro atoms. The van der Waals surface area contributed by atoms with E-state index in [1.807, 2.05) is 0 Å². The summed E-state index contributed by atoms with van der Waals surface area (Å²) in [5.74, 6) is -1.06. The molecule has 0 aliphatic carbocycles. The second-order valence-electron chi connectivity index (χ2n) is 5.30. The van der Waals surface area contributed by atoms with Crippen molar-refractivity contribution < 1.29 is 17.6 Å². The predicted octanol–water partition coefficient (Wildman–Crippen LogP) is 2.87. The number of hydrogen-bond donors (Lipinski definition) is 0. The van der Waals surface area contributed by atoms with Gasteiger partial charge in [0, 0.05) is 40.5 Å². The summed E-state index contributed by atoms with van der Waals surface area (Å²) in [6, 6.07) is 5.92. The maximum Gasteiger partial charge on any atom is 0.232 e. The van der Waals surface area contributed by atoms with Crippen molar-refractivity contribution in [2.75, 3.05) is 17.2 Å². The number of carbonyl (C=O) groups is 1. The molecule has 1 aliphatic rings. The molecule has 3 rings (SSSR count). The average molecular weight is 375 g/mol. The van der Waals surface area contributed by atoms with Crippen molar-refractivity contribution in [3.05, 3.63) is 35.5 Å². The van der Waals surface area contributed by atoms with Crippen molar-refractivity contribution in [3.8, 4) is 11.3 Å². The highest BCUT2D eigenvalue weighted by molar-refractivity contribution is 8.13. The van der Waals surface area contributed by atoms with Crippen LogP contribution in [0.5, 0.6) is 0 Å². The highest BCUT2D eigenvalue weighted by Crippen LogP contribution is 2.32. The van der Waals surface area contributed by atoms with Crippen LogP contribution in [0, 0.1) is 11.7 Å². The molecule has 1 unspecified atom stereocenters. The van der Waals surface area contributed by atoms with E-state index in [4.69, 9.17) is 10.7 Å². The number of carbonyl (C=O) groups excluding carboxylic acids is 1. The van der Waals surface area contributed by atoms with Gasteiger partial charge in [-0.3, -0.25) is 9.69 Å². The first kappa shape index (κ1) is 16.4. The Balaban J connectivity index is 1.78. The van der Waals surface area contributed by atoms with Gasteiger partial charge in [-0.2, -0.15) is 0 Å². The number of nitrogens with zero attached hydrogens (tertiary/aromatic N) is 2. The Morgan fingerprint density at radius 1 is 1.35 bits per heavy atom. The molecule has 9 heteroatoms. The normalized spacial score (nSPS) is 18.6. The van der Waals surface area contributed by atoms with E-state index in [1.165, 1.54) is 28.4 Å². The molecule has 1 aliphatic heterocycles. The third-order valence-electron chi connectivity index (χ3n) is 3.50. The molecule has 0 bridgehead atoms. The van der Waals surface area contributed by atoms with Crippen LogP contribution >= 0.6 is 22.0 Å². The zero-order valence-corrected chi connectivity index (χ0v) is 14.2. The molecule has 122 valence electrons. The van der Waals surface area contributed by atoms with Gasteiger partial charge in [0.2, 0.25) is 15.0 Å². The fourth-order valence-corrected chi connectivity index (χ4v) is 4.68. The minimum atomic E-state index is -3.64. The van der Waals surface area contributed by atoms with Gasteiger partial charge in [0.05, 0.1) is 11.4 Å². The van der Waals surface area contributed by atoms with E-state index in [0.717, 1.165) is 5.56 Å². The monoisotopic (exact) mass is 374 g/mol. The van der Waals surface area contributed by atoms with Gasteiger partial charge in [-0.1, -0.05) is 0 Å². The van der Waals surface area contributed by atoms with E-state index in [-0.39, 0.29) is 36.4 Å². The topological polar surface area (TPSA) is 67.3 Å². The molecule has 1 aromatic carbocycles. The summed E-state index contributed by atoms with van der Waals surface area (Å²) >= 11 is 1.29. The van der Waals surface area contributed by atoms with E-state index in [2.05, 4.69) is 4.98 Å². The van der Waals surface area contributed by atoms with Crippen LogP contribution in [0.25, 0.3) is 11.3 Å². The molecule has 0 radical (unpaired) electrons. The highest BCUT2D eigenvalue weighted by atomic mass is 35.7. The Morgan fingerprint density at radius 3 is 2.70 bits per heavy atom. The summed E-state index contributed by atoms with van der Waals surface area (Å²) in [6.07, 6.45) is 0.136. The molecule has 1 amide bonds. The van der Waals surface area contributed by atoms with Gasteiger partial charge in [-0.05, 0) is 24.3 Å². The van der Waals surface area contributed by atoms with Crippen LogP contribution in [-0.2, 0) is 13.8 Å². The van der Waals surface area contributed by atoms with Crippen LogP contribution in [0.15, 0.2) is 29.6 Å². The minimum absolute atomic E-state index is 0.136. The van der Waals surface area contributed by atoms with Crippen LogP contribution in [0.3, 0.4) is 0 Å². The molecular formula is C14H12ClFN2O3S2. The van der Waals surface area contributed by atoms with Crippen LogP contribution in [0.2, 0.25) is 0 Å². The van der Waals surface area contributed by atoms with Gasteiger partial charge < -0.3 is 0 Å². The lowest BCUT2D eigenvalue weighted by molar-refractivity contribution is -0.117. The smallest absolute Gasteiger partial charge is 0.232 e. The Hall–Kier alpha value is -1.51. The Labute approximate surface area is 141 Å². The number of anilines is 1. The first-order chi connectivity index (χ1) is 10.8. The molecule has 0 saturated carbocycles. The predicted molar refractivity (Wildman–Crippen MR) is 87.6 cm³/mol. The van der Waals surface area contributed by atoms with Gasteiger partial charge in [-0.25, -0.2) is 17.8 Å². The van der Waals surface area contributed by atoms with E-state index < -0.39 is 9.05 Å². The van der Waals surface area contributed by atoms with E-state index >= 15 is 0 Å². The number of amides is 1. The summed E-state index contributed by atoms with van der Waals surface area (Å²) < 4.78 is 35.2. The van der Waals surface area contributed by atoms with Crippen LogP contribution in [0.4, 0.5) is 9.52 Å². The number of aromatic nitrogens is 1. The van der Waals surface area contributed by atoms with Crippen molar-refractivity contribution in [3.63, 3.8) is 0 Å². The largest absolute Gasteiger partial charge is 0.288 e. The van der Waals surface area contributed by atoms with Gasteiger partial charge in [0.15, 0.2) is 5.13 Å². The molecule has 2 aromatic rings. The fraction of sp³-hybridized carbons (Fsp3) is 0.286. The standard InChI is InChI=1S/C14H12ClFN2O3S2/c15-23(20,21)8-9-5-13(19)18(6-9)14-17-12(7-22-14)10-1-3-11(16)4-2-10/h1-4,7,9H,5-6,8H2. The van der Waals surface area contributed by atoms with Crippen molar-refractivity contribution in [2.45, 2.75) is 6.42 Å². The quantitative estimate of drug-likeness (QED) is 0.772. The third kappa shape index (κ3) is 3.88. The van der Waals surface area contributed by atoms with E-state index in [0.29, 0.717) is 10.8 Å². The number of benzene rings is 1. The van der Waals surface area contributed by atoms with Gasteiger partial charge in [0.1, 0.15) is 5.82 Å². The molecule has 2 heterocycles. The molecule has 23 heavy (non-hydrogen) atoms. The molecule has 1 fully saturated rings. The fourth-order valence-electron chi connectivity index (χ4n) is 2.50. The summed E-state index contributed by atoms with van der Waals surface area (Å²) in [5.41, 5.74) is 1.40. The molecule has 5 nitrogen and oxygen atoms in total. The van der Waals surface area contributed by atoms with E-state index in [1.54, 1.807) is 17.5 Å². The third-order valence-corrected chi connectivity index (χ3v) is 5.61. The van der Waals surface area contributed by atoms with Crippen LogP contribution in [-0.4, -0.2) is 31.6 Å². The molecule has 1 atom stereocenters. The van der Waals surface area contributed by atoms with Gasteiger partial charge in [-0.15, -0.1) is 11.3 Å². The van der Waals surface area contributed by atoms with Crippen molar-refractivity contribution in [1.82, 2.24) is 4.98 Å². The number of thiazole rings is 1. The highest BCUT2D eigenvalue weighted by Gasteiger charge is 2.34. The van der Waals surface area contributed by atoms with Crippen molar-refractivity contribution >= 4 is 42.1 Å². The lowest BCUT2D eigenvalue weighted by Gasteiger charge is -2.12. The summed E-state index contributed by atoms with van der Waals surface area (Å²) in [5, 5.41) is 2.28. The Kier molecular flexibility index (Phi) is 4.39. The van der Waals surface area contributed by atoms with Crippen molar-refractivity contribution in [1.29, 1.82) is 0 Å². The summed E-state index contributed by atoms with van der Waals surface area (Å²) in [7, 11) is 1.61. The molecule has 1 aromatic heterocycles. The molecule has 0 N–H and O–H groups in total. The summed E-state index contributed by atoms with van der Waals surface area (Å²) in [6.45, 7) is 0.279. The zero-order chi connectivity index (χ0) is 16.6. The zero-order valence-electron chi connectivity index (χ0n) is 11.8. The Bertz CT molecular complexity index is 836. The van der Waals surface area contributed by atoms with Gasteiger partial charge in [0.25, 0.3) is 0 Å². The number of halogens is 2. The lowest BCUT2D eigenvalue weighted by Crippen LogP contribution is -2.25. The average Bonchev–Trinajstić information content (AvgIpc) is 3.04. The molecular weight excluding hydrogens is 363 g/mol. The minimum Gasteiger partial charge on any atom is -0.288 e. The number of hydrogen-bond acceptors (Lipinski definition) is 5. The van der Waals surface area contributed by atoms with E-state index in [9.17, 15) is 17.6 Å². The van der Waals surface area contributed by atoms with Gasteiger partial charge >= 0.3 is 0 Å². The first-order valence-electron chi connectivity index (χ1n) is 6.76. The maximum absolute atomic E-state index is 13.0. The first-order valence-corrected chi connectivity index (χ1v) is 10.1. The Morgan fingerprint density at radius 2 is 2.04 bits per heavy atom. The van der Waals surface area contributed by atoms with Crippen LogP contribution < -0.4 is 4.90 Å². The second kappa shape index (κ2) is 6.18.